The lowest BCUT2D eigenvalue weighted by molar-refractivity contribution is 0.0943. The quantitative estimate of drug-likeness (QED) is 0.670. The maximum Gasteiger partial charge on any atom is 0.266 e. The van der Waals surface area contributed by atoms with E-state index in [0.717, 1.165) is 18.4 Å². The highest BCUT2D eigenvalue weighted by Crippen LogP contribution is 2.20. The Morgan fingerprint density at radius 3 is 2.76 bits per heavy atom. The average molecular weight is 360 g/mol. The van der Waals surface area contributed by atoms with Crippen molar-refractivity contribution in [1.82, 2.24) is 5.32 Å². The van der Waals surface area contributed by atoms with Gasteiger partial charge in [0.2, 0.25) is 0 Å². The predicted octanol–water partition coefficient (Wildman–Crippen LogP) is 3.72. The van der Waals surface area contributed by atoms with E-state index in [1.54, 1.807) is 24.3 Å². The zero-order valence-electron chi connectivity index (χ0n) is 14.6. The number of benzene rings is 1. The molecule has 0 saturated heterocycles. The number of carbonyl (C=O) groups excluding carboxylic acids is 2. The molecule has 2 aromatic rings. The fourth-order valence-electron chi connectivity index (χ4n) is 2.36. The number of hydrogen-bond acceptors (Lipinski definition) is 4. The van der Waals surface area contributed by atoms with Gasteiger partial charge in [-0.05, 0) is 55.0 Å². The van der Waals surface area contributed by atoms with Crippen molar-refractivity contribution < 1.29 is 14.3 Å². The van der Waals surface area contributed by atoms with Gasteiger partial charge in [-0.1, -0.05) is 13.0 Å². The minimum atomic E-state index is -0.155. The summed E-state index contributed by atoms with van der Waals surface area (Å²) in [7, 11) is 0. The summed E-state index contributed by atoms with van der Waals surface area (Å²) in [5, 5.41) is 7.64. The zero-order valence-corrected chi connectivity index (χ0v) is 15.4. The smallest absolute Gasteiger partial charge is 0.266 e. The van der Waals surface area contributed by atoms with Gasteiger partial charge in [0.15, 0.2) is 0 Å². The molecule has 1 aromatic carbocycles. The van der Waals surface area contributed by atoms with E-state index in [0.29, 0.717) is 35.9 Å². The topological polar surface area (TPSA) is 67.4 Å². The van der Waals surface area contributed by atoms with Crippen molar-refractivity contribution in [2.24, 2.45) is 0 Å². The highest BCUT2D eigenvalue weighted by Gasteiger charge is 2.13. The van der Waals surface area contributed by atoms with Gasteiger partial charge in [-0.3, -0.25) is 9.59 Å². The first-order valence-corrected chi connectivity index (χ1v) is 9.37. The molecule has 0 fully saturated rings. The van der Waals surface area contributed by atoms with E-state index in [-0.39, 0.29) is 11.8 Å². The second-order valence-electron chi connectivity index (χ2n) is 5.47. The Balaban J connectivity index is 1.94. The molecule has 0 aliphatic rings. The normalized spacial score (nSPS) is 10.5. The van der Waals surface area contributed by atoms with Crippen molar-refractivity contribution in [2.75, 3.05) is 25.1 Å². The van der Waals surface area contributed by atoms with E-state index in [9.17, 15) is 9.59 Å². The minimum Gasteiger partial charge on any atom is -0.382 e. The first-order valence-electron chi connectivity index (χ1n) is 8.49. The molecule has 0 aliphatic carbocycles. The van der Waals surface area contributed by atoms with Gasteiger partial charge in [-0.2, -0.15) is 0 Å². The molecule has 0 radical (unpaired) electrons. The summed E-state index contributed by atoms with van der Waals surface area (Å²) in [6, 6.07) is 8.93. The molecule has 0 aliphatic heterocycles. The highest BCUT2D eigenvalue weighted by atomic mass is 32.1. The van der Waals surface area contributed by atoms with Gasteiger partial charge in [0, 0.05) is 31.0 Å². The Hall–Kier alpha value is -2.18. The van der Waals surface area contributed by atoms with E-state index in [2.05, 4.69) is 10.6 Å². The SMILES string of the molecule is CCOCCCNC(=O)c1cccc(NC(=O)c2sccc2CC)c1. The van der Waals surface area contributed by atoms with Crippen LogP contribution in [0.25, 0.3) is 0 Å². The summed E-state index contributed by atoms with van der Waals surface area (Å²) in [4.78, 5) is 25.3. The van der Waals surface area contributed by atoms with Crippen molar-refractivity contribution >= 4 is 28.8 Å². The third-order valence-electron chi connectivity index (χ3n) is 3.67. The number of nitrogens with one attached hydrogen (secondary N) is 2. The van der Waals surface area contributed by atoms with E-state index >= 15 is 0 Å². The molecule has 134 valence electrons. The van der Waals surface area contributed by atoms with Gasteiger partial charge in [0.05, 0.1) is 4.88 Å². The van der Waals surface area contributed by atoms with Crippen molar-refractivity contribution in [3.8, 4) is 0 Å². The Bertz CT molecular complexity index is 712. The molecule has 2 N–H and O–H groups in total. The second-order valence-corrected chi connectivity index (χ2v) is 6.39. The monoisotopic (exact) mass is 360 g/mol. The summed E-state index contributed by atoms with van der Waals surface area (Å²) in [6.45, 7) is 5.84. The fraction of sp³-hybridized carbons (Fsp3) is 0.368. The number of ether oxygens (including phenoxy) is 1. The Labute approximate surface area is 152 Å². The summed E-state index contributed by atoms with van der Waals surface area (Å²) in [5.41, 5.74) is 2.17. The van der Waals surface area contributed by atoms with E-state index in [1.807, 2.05) is 25.3 Å². The Morgan fingerprint density at radius 1 is 1.16 bits per heavy atom. The maximum atomic E-state index is 12.4. The molecular formula is C19H24N2O3S. The van der Waals surface area contributed by atoms with Crippen LogP contribution in [0.15, 0.2) is 35.7 Å². The fourth-order valence-corrected chi connectivity index (χ4v) is 3.25. The molecule has 25 heavy (non-hydrogen) atoms. The zero-order chi connectivity index (χ0) is 18.1. The van der Waals surface area contributed by atoms with Crippen LogP contribution in [-0.2, 0) is 11.2 Å². The lowest BCUT2D eigenvalue weighted by Gasteiger charge is -2.09. The molecular weight excluding hydrogens is 336 g/mol. The van der Waals surface area contributed by atoms with E-state index in [4.69, 9.17) is 4.74 Å². The molecule has 0 spiro atoms. The van der Waals surface area contributed by atoms with E-state index in [1.165, 1.54) is 11.3 Å². The van der Waals surface area contributed by atoms with Crippen molar-refractivity contribution in [3.63, 3.8) is 0 Å². The Morgan fingerprint density at radius 2 is 2.00 bits per heavy atom. The van der Waals surface area contributed by atoms with Crippen molar-refractivity contribution in [2.45, 2.75) is 26.7 Å². The van der Waals surface area contributed by atoms with Crippen LogP contribution in [0.2, 0.25) is 0 Å². The summed E-state index contributed by atoms with van der Waals surface area (Å²) >= 11 is 1.43. The molecule has 2 rings (SSSR count). The van der Waals surface area contributed by atoms with Crippen LogP contribution in [0.5, 0.6) is 0 Å². The molecule has 0 bridgehead atoms. The molecule has 0 saturated carbocycles. The van der Waals surface area contributed by atoms with Crippen molar-refractivity contribution in [1.29, 1.82) is 0 Å². The number of hydrogen-bond donors (Lipinski definition) is 2. The van der Waals surface area contributed by atoms with Gasteiger partial charge in [-0.25, -0.2) is 0 Å². The average Bonchev–Trinajstić information content (AvgIpc) is 3.10. The van der Waals surface area contributed by atoms with Gasteiger partial charge in [-0.15, -0.1) is 11.3 Å². The number of carbonyl (C=O) groups is 2. The molecule has 5 nitrogen and oxygen atoms in total. The lowest BCUT2D eigenvalue weighted by atomic mass is 10.1. The van der Waals surface area contributed by atoms with Gasteiger partial charge < -0.3 is 15.4 Å². The van der Waals surface area contributed by atoms with Crippen LogP contribution in [0.1, 0.15) is 45.9 Å². The van der Waals surface area contributed by atoms with Crippen LogP contribution in [0, 0.1) is 0 Å². The molecule has 0 unspecified atom stereocenters. The largest absolute Gasteiger partial charge is 0.382 e. The standard InChI is InChI=1S/C19H24N2O3S/c1-3-14-9-12-25-17(14)19(23)21-16-8-5-7-15(13-16)18(22)20-10-6-11-24-4-2/h5,7-9,12-13H,3-4,6,10-11H2,1-2H3,(H,20,22)(H,21,23). The molecule has 1 heterocycles. The minimum absolute atomic E-state index is 0.138. The number of anilines is 1. The van der Waals surface area contributed by atoms with Gasteiger partial charge >= 0.3 is 0 Å². The third-order valence-corrected chi connectivity index (χ3v) is 4.63. The summed E-state index contributed by atoms with van der Waals surface area (Å²) in [5.74, 6) is -0.293. The first-order chi connectivity index (χ1) is 12.2. The number of thiophene rings is 1. The molecule has 6 heteroatoms. The van der Waals surface area contributed by atoms with Crippen LogP contribution in [0.4, 0.5) is 5.69 Å². The van der Waals surface area contributed by atoms with Crippen molar-refractivity contribution in [3.05, 3.63) is 51.7 Å². The number of aryl methyl sites for hydroxylation is 1. The van der Waals surface area contributed by atoms with Crippen LogP contribution in [0.3, 0.4) is 0 Å². The summed E-state index contributed by atoms with van der Waals surface area (Å²) in [6.07, 6.45) is 1.59. The predicted molar refractivity (Wildman–Crippen MR) is 102 cm³/mol. The van der Waals surface area contributed by atoms with Gasteiger partial charge in [0.25, 0.3) is 11.8 Å². The van der Waals surface area contributed by atoms with Crippen LogP contribution < -0.4 is 10.6 Å². The lowest BCUT2D eigenvalue weighted by Crippen LogP contribution is -2.25. The second kappa shape index (κ2) is 9.96. The summed E-state index contributed by atoms with van der Waals surface area (Å²) < 4.78 is 5.24. The molecule has 2 amide bonds. The van der Waals surface area contributed by atoms with Crippen LogP contribution in [-0.4, -0.2) is 31.6 Å². The highest BCUT2D eigenvalue weighted by molar-refractivity contribution is 7.12. The first kappa shape index (κ1) is 19.1. The maximum absolute atomic E-state index is 12.4. The van der Waals surface area contributed by atoms with Gasteiger partial charge in [0.1, 0.15) is 0 Å². The number of rotatable bonds is 9. The number of amides is 2. The third kappa shape index (κ3) is 5.69. The Kier molecular flexibility index (Phi) is 7.63. The van der Waals surface area contributed by atoms with Crippen LogP contribution >= 0.6 is 11.3 Å². The molecule has 0 atom stereocenters. The van der Waals surface area contributed by atoms with E-state index < -0.39 is 0 Å². The molecule has 1 aromatic heterocycles.